The number of anilines is 1. The van der Waals surface area contributed by atoms with Crippen molar-refractivity contribution in [2.24, 2.45) is 0 Å². The van der Waals surface area contributed by atoms with E-state index in [1.165, 1.54) is 5.69 Å². The summed E-state index contributed by atoms with van der Waals surface area (Å²) >= 11 is 0. The fraction of sp³-hybridized carbons (Fsp3) is 0.455. The normalized spacial score (nSPS) is 16.9. The third kappa shape index (κ3) is 1.63. The number of hydrogen-bond acceptors (Lipinski definition) is 4. The summed E-state index contributed by atoms with van der Waals surface area (Å²) in [6, 6.07) is 4.14. The van der Waals surface area contributed by atoms with Gasteiger partial charge in [0.25, 0.3) is 0 Å². The number of piperazine rings is 1. The van der Waals surface area contributed by atoms with Crippen LogP contribution < -0.4 is 10.2 Å². The molecule has 0 aromatic carbocycles. The van der Waals surface area contributed by atoms with Gasteiger partial charge in [0, 0.05) is 26.2 Å². The molecule has 84 valence electrons. The second-order valence-corrected chi connectivity index (χ2v) is 4.09. The van der Waals surface area contributed by atoms with Crippen LogP contribution >= 0.6 is 0 Å². The molecule has 0 spiro atoms. The molecule has 3 heterocycles. The molecule has 0 atom stereocenters. The molecular formula is C11H15N5. The quantitative estimate of drug-likeness (QED) is 0.753. The molecule has 5 nitrogen and oxygen atoms in total. The number of rotatable bonds is 1. The van der Waals surface area contributed by atoms with Crippen molar-refractivity contribution in [1.82, 2.24) is 19.9 Å². The molecule has 0 radical (unpaired) electrons. The molecule has 1 N–H and O–H groups in total. The molecule has 0 saturated carbocycles. The van der Waals surface area contributed by atoms with Gasteiger partial charge in [0.15, 0.2) is 5.65 Å². The largest absolute Gasteiger partial charge is 0.368 e. The van der Waals surface area contributed by atoms with Crippen molar-refractivity contribution in [2.45, 2.75) is 6.92 Å². The van der Waals surface area contributed by atoms with E-state index in [-0.39, 0.29) is 0 Å². The van der Waals surface area contributed by atoms with Gasteiger partial charge in [0.05, 0.1) is 11.9 Å². The number of nitrogens with one attached hydrogen (secondary N) is 1. The molecule has 1 aliphatic rings. The van der Waals surface area contributed by atoms with E-state index in [1.807, 2.05) is 17.5 Å². The van der Waals surface area contributed by atoms with Crippen molar-refractivity contribution in [3.05, 3.63) is 24.2 Å². The van der Waals surface area contributed by atoms with Gasteiger partial charge in [0.2, 0.25) is 0 Å². The topological polar surface area (TPSA) is 45.5 Å². The number of pyridine rings is 1. The van der Waals surface area contributed by atoms with Gasteiger partial charge < -0.3 is 10.2 Å². The van der Waals surface area contributed by atoms with Crippen LogP contribution in [-0.2, 0) is 0 Å². The summed E-state index contributed by atoms with van der Waals surface area (Å²) in [5.41, 5.74) is 2.13. The Kier molecular flexibility index (Phi) is 2.25. The molecule has 1 saturated heterocycles. The van der Waals surface area contributed by atoms with Crippen molar-refractivity contribution >= 4 is 11.3 Å². The van der Waals surface area contributed by atoms with Gasteiger partial charge in [-0.2, -0.15) is 5.10 Å². The number of aryl methyl sites for hydroxylation is 1. The van der Waals surface area contributed by atoms with Crippen LogP contribution in [0, 0.1) is 6.92 Å². The highest BCUT2D eigenvalue weighted by Gasteiger charge is 2.11. The lowest BCUT2D eigenvalue weighted by Gasteiger charge is -2.29. The maximum atomic E-state index is 4.33. The Morgan fingerprint density at radius 2 is 2.06 bits per heavy atom. The molecule has 0 unspecified atom stereocenters. The van der Waals surface area contributed by atoms with E-state index >= 15 is 0 Å². The third-order valence-electron chi connectivity index (χ3n) is 2.90. The first kappa shape index (κ1) is 9.59. The predicted molar refractivity (Wildman–Crippen MR) is 62.8 cm³/mol. The smallest absolute Gasteiger partial charge is 0.155 e. The van der Waals surface area contributed by atoms with Crippen molar-refractivity contribution in [3.63, 3.8) is 0 Å². The zero-order chi connectivity index (χ0) is 11.0. The molecule has 0 bridgehead atoms. The molecular weight excluding hydrogens is 202 g/mol. The molecule has 1 aliphatic heterocycles. The van der Waals surface area contributed by atoms with E-state index in [0.717, 1.165) is 37.7 Å². The molecule has 2 aromatic rings. The molecule has 5 heteroatoms. The zero-order valence-corrected chi connectivity index (χ0v) is 9.35. The van der Waals surface area contributed by atoms with Crippen LogP contribution in [0.2, 0.25) is 0 Å². The van der Waals surface area contributed by atoms with Crippen LogP contribution in [-0.4, -0.2) is 40.8 Å². The Bertz CT molecular complexity index is 498. The van der Waals surface area contributed by atoms with Gasteiger partial charge >= 0.3 is 0 Å². The van der Waals surface area contributed by atoms with E-state index < -0.39 is 0 Å². The van der Waals surface area contributed by atoms with Crippen LogP contribution in [0.1, 0.15) is 5.82 Å². The van der Waals surface area contributed by atoms with Gasteiger partial charge in [-0.25, -0.2) is 9.50 Å². The summed E-state index contributed by atoms with van der Waals surface area (Å²) in [4.78, 5) is 6.69. The van der Waals surface area contributed by atoms with Gasteiger partial charge in [-0.1, -0.05) is 0 Å². The van der Waals surface area contributed by atoms with Crippen LogP contribution in [0.5, 0.6) is 0 Å². The minimum Gasteiger partial charge on any atom is -0.368 e. The highest BCUT2D eigenvalue weighted by Crippen LogP contribution is 2.15. The minimum absolute atomic E-state index is 0.817. The van der Waals surface area contributed by atoms with Crippen molar-refractivity contribution in [1.29, 1.82) is 0 Å². The molecule has 16 heavy (non-hydrogen) atoms. The molecule has 2 aromatic heterocycles. The van der Waals surface area contributed by atoms with E-state index in [9.17, 15) is 0 Å². The number of aromatic nitrogens is 3. The predicted octanol–water partition coefficient (Wildman–Crippen LogP) is 0.447. The first-order valence-electron chi connectivity index (χ1n) is 5.62. The highest BCUT2D eigenvalue weighted by molar-refractivity contribution is 5.51. The standard InChI is InChI=1S/C11H15N5/c1-9-13-11-3-2-10(8-16(11)14-9)15-6-4-12-5-7-15/h2-3,8,12H,4-7H2,1H3. The lowest BCUT2D eigenvalue weighted by atomic mass is 10.3. The summed E-state index contributed by atoms with van der Waals surface area (Å²) < 4.78 is 1.85. The van der Waals surface area contributed by atoms with Crippen LogP contribution in [0.25, 0.3) is 5.65 Å². The Hall–Kier alpha value is -1.62. The van der Waals surface area contributed by atoms with Crippen molar-refractivity contribution in [3.8, 4) is 0 Å². The summed E-state index contributed by atoms with van der Waals surface area (Å²) in [5.74, 6) is 0.817. The van der Waals surface area contributed by atoms with Gasteiger partial charge in [-0.3, -0.25) is 0 Å². The van der Waals surface area contributed by atoms with Crippen molar-refractivity contribution in [2.75, 3.05) is 31.1 Å². The summed E-state index contributed by atoms with van der Waals surface area (Å²) in [7, 11) is 0. The van der Waals surface area contributed by atoms with E-state index in [2.05, 4.69) is 32.6 Å². The maximum absolute atomic E-state index is 4.33. The summed E-state index contributed by atoms with van der Waals surface area (Å²) in [6.45, 7) is 6.12. The first-order valence-corrected chi connectivity index (χ1v) is 5.62. The molecule has 1 fully saturated rings. The number of fused-ring (bicyclic) bond motifs is 1. The zero-order valence-electron chi connectivity index (χ0n) is 9.35. The maximum Gasteiger partial charge on any atom is 0.155 e. The molecule has 3 rings (SSSR count). The third-order valence-corrected chi connectivity index (χ3v) is 2.90. The molecule has 0 amide bonds. The van der Waals surface area contributed by atoms with E-state index in [1.54, 1.807) is 0 Å². The Balaban J connectivity index is 1.97. The lowest BCUT2D eigenvalue weighted by molar-refractivity contribution is 0.588. The SMILES string of the molecule is Cc1nc2ccc(N3CCNCC3)cn2n1. The Morgan fingerprint density at radius 3 is 2.88 bits per heavy atom. The second kappa shape index (κ2) is 3.75. The van der Waals surface area contributed by atoms with E-state index in [0.29, 0.717) is 0 Å². The van der Waals surface area contributed by atoms with E-state index in [4.69, 9.17) is 0 Å². The first-order chi connectivity index (χ1) is 7.83. The highest BCUT2D eigenvalue weighted by atomic mass is 15.3. The average Bonchev–Trinajstić information content (AvgIpc) is 2.69. The number of nitrogens with zero attached hydrogens (tertiary/aromatic N) is 4. The fourth-order valence-electron chi connectivity index (χ4n) is 2.09. The Morgan fingerprint density at radius 1 is 1.25 bits per heavy atom. The van der Waals surface area contributed by atoms with Gasteiger partial charge in [-0.15, -0.1) is 0 Å². The van der Waals surface area contributed by atoms with Crippen LogP contribution in [0.4, 0.5) is 5.69 Å². The van der Waals surface area contributed by atoms with Crippen LogP contribution in [0.3, 0.4) is 0 Å². The Labute approximate surface area is 94.1 Å². The second-order valence-electron chi connectivity index (χ2n) is 4.09. The number of hydrogen-bond donors (Lipinski definition) is 1. The average molecular weight is 217 g/mol. The van der Waals surface area contributed by atoms with Gasteiger partial charge in [0.1, 0.15) is 5.82 Å². The summed E-state index contributed by atoms with van der Waals surface area (Å²) in [5, 5.41) is 7.68. The van der Waals surface area contributed by atoms with Crippen LogP contribution in [0.15, 0.2) is 18.3 Å². The lowest BCUT2D eigenvalue weighted by Crippen LogP contribution is -2.43. The van der Waals surface area contributed by atoms with Gasteiger partial charge in [-0.05, 0) is 19.1 Å². The summed E-state index contributed by atoms with van der Waals surface area (Å²) in [6.07, 6.45) is 2.06. The monoisotopic (exact) mass is 217 g/mol. The minimum atomic E-state index is 0.817. The van der Waals surface area contributed by atoms with Crippen molar-refractivity contribution < 1.29 is 0 Å². The fourth-order valence-corrected chi connectivity index (χ4v) is 2.09. The molecule has 0 aliphatic carbocycles.